The van der Waals surface area contributed by atoms with Crippen LogP contribution in [-0.2, 0) is 11.3 Å². The minimum Gasteiger partial charge on any atom is -0.368 e. The number of anilines is 1. The standard InChI is InChI=1S/C21H22ClFN6O/c22-18-3-1-16(2-4-18)17(14-29-15-24-25-26-29)13-21(30)28-11-9-27(10-12-28)20-7-5-19(23)6-8-20/h1-8,15,17H,9-14H2/t17-/m1/s1. The third kappa shape index (κ3) is 4.94. The summed E-state index contributed by atoms with van der Waals surface area (Å²) in [5.74, 6) is -0.210. The van der Waals surface area contributed by atoms with E-state index in [1.165, 1.54) is 12.1 Å². The molecule has 1 atom stereocenters. The van der Waals surface area contributed by atoms with Gasteiger partial charge in [-0.3, -0.25) is 4.79 Å². The molecule has 0 saturated carbocycles. The number of rotatable bonds is 6. The number of hydrogen-bond donors (Lipinski definition) is 0. The molecule has 3 aromatic rings. The number of carbonyl (C=O) groups excluding carboxylic acids is 1. The number of nitrogens with zero attached hydrogens (tertiary/aromatic N) is 6. The molecule has 1 saturated heterocycles. The number of piperazine rings is 1. The smallest absolute Gasteiger partial charge is 0.223 e. The zero-order chi connectivity index (χ0) is 20.9. The molecule has 1 amide bonds. The molecule has 7 nitrogen and oxygen atoms in total. The Morgan fingerprint density at radius 3 is 2.37 bits per heavy atom. The Hall–Kier alpha value is -3.00. The lowest BCUT2D eigenvalue weighted by atomic mass is 9.95. The van der Waals surface area contributed by atoms with E-state index in [9.17, 15) is 9.18 Å². The summed E-state index contributed by atoms with van der Waals surface area (Å²) < 4.78 is 14.8. The highest BCUT2D eigenvalue weighted by molar-refractivity contribution is 6.30. The van der Waals surface area contributed by atoms with Gasteiger partial charge >= 0.3 is 0 Å². The summed E-state index contributed by atoms with van der Waals surface area (Å²) in [4.78, 5) is 17.1. The topological polar surface area (TPSA) is 67.2 Å². The molecule has 1 aromatic heterocycles. The number of carbonyl (C=O) groups is 1. The molecular weight excluding hydrogens is 407 g/mol. The number of halogens is 2. The van der Waals surface area contributed by atoms with Crippen molar-refractivity contribution in [2.45, 2.75) is 18.9 Å². The molecule has 30 heavy (non-hydrogen) atoms. The van der Waals surface area contributed by atoms with Crippen LogP contribution in [0.25, 0.3) is 0 Å². The van der Waals surface area contributed by atoms with E-state index < -0.39 is 0 Å². The van der Waals surface area contributed by atoms with Gasteiger partial charge in [0.1, 0.15) is 12.1 Å². The van der Waals surface area contributed by atoms with Crippen molar-refractivity contribution < 1.29 is 9.18 Å². The van der Waals surface area contributed by atoms with Crippen molar-refractivity contribution in [2.24, 2.45) is 0 Å². The molecule has 156 valence electrons. The monoisotopic (exact) mass is 428 g/mol. The number of hydrogen-bond acceptors (Lipinski definition) is 5. The second-order valence-corrected chi connectivity index (χ2v) is 7.77. The van der Waals surface area contributed by atoms with Gasteiger partial charge in [0.05, 0.1) is 6.54 Å². The van der Waals surface area contributed by atoms with Crippen LogP contribution in [0.15, 0.2) is 54.9 Å². The number of benzene rings is 2. The van der Waals surface area contributed by atoms with E-state index in [1.807, 2.05) is 29.2 Å². The third-order valence-corrected chi connectivity index (χ3v) is 5.64. The van der Waals surface area contributed by atoms with E-state index in [1.54, 1.807) is 23.1 Å². The summed E-state index contributed by atoms with van der Waals surface area (Å²) in [6.07, 6.45) is 1.91. The van der Waals surface area contributed by atoms with Crippen molar-refractivity contribution in [3.05, 3.63) is 71.3 Å². The van der Waals surface area contributed by atoms with E-state index in [4.69, 9.17) is 11.6 Å². The highest BCUT2D eigenvalue weighted by atomic mass is 35.5. The Balaban J connectivity index is 1.40. The van der Waals surface area contributed by atoms with Gasteiger partial charge in [0.25, 0.3) is 0 Å². The molecule has 0 radical (unpaired) electrons. The Kier molecular flexibility index (Phi) is 6.23. The maximum absolute atomic E-state index is 13.1. The fourth-order valence-corrected chi connectivity index (χ4v) is 3.84. The molecule has 0 aliphatic carbocycles. The number of tetrazole rings is 1. The minimum atomic E-state index is -0.247. The van der Waals surface area contributed by atoms with Crippen LogP contribution < -0.4 is 4.90 Å². The first kappa shape index (κ1) is 20.3. The van der Waals surface area contributed by atoms with E-state index in [-0.39, 0.29) is 17.6 Å². The van der Waals surface area contributed by atoms with Gasteiger partial charge in [-0.05, 0) is 52.4 Å². The molecule has 9 heteroatoms. The average Bonchev–Trinajstić information content (AvgIpc) is 3.28. The molecule has 4 rings (SSSR count). The fraction of sp³-hybridized carbons (Fsp3) is 0.333. The maximum Gasteiger partial charge on any atom is 0.223 e. The van der Waals surface area contributed by atoms with Crippen molar-refractivity contribution in [2.75, 3.05) is 31.1 Å². The normalized spacial score (nSPS) is 15.3. The molecule has 1 aliphatic heterocycles. The summed E-state index contributed by atoms with van der Waals surface area (Å²) in [7, 11) is 0. The molecule has 0 N–H and O–H groups in total. The predicted octanol–water partition coefficient (Wildman–Crippen LogP) is 2.99. The van der Waals surface area contributed by atoms with Crippen LogP contribution in [0.2, 0.25) is 5.02 Å². The zero-order valence-corrected chi connectivity index (χ0v) is 17.1. The van der Waals surface area contributed by atoms with Gasteiger partial charge in [-0.15, -0.1) is 5.10 Å². The van der Waals surface area contributed by atoms with Gasteiger partial charge in [0.2, 0.25) is 5.91 Å². The van der Waals surface area contributed by atoms with E-state index >= 15 is 0 Å². The van der Waals surface area contributed by atoms with Crippen LogP contribution in [0.3, 0.4) is 0 Å². The van der Waals surface area contributed by atoms with E-state index in [0.29, 0.717) is 31.1 Å². The Morgan fingerprint density at radius 1 is 1.03 bits per heavy atom. The van der Waals surface area contributed by atoms with Crippen molar-refractivity contribution >= 4 is 23.2 Å². The molecule has 0 bridgehead atoms. The molecule has 1 fully saturated rings. The molecule has 0 spiro atoms. The van der Waals surface area contributed by atoms with Gasteiger partial charge in [-0.1, -0.05) is 23.7 Å². The third-order valence-electron chi connectivity index (χ3n) is 5.39. The highest BCUT2D eigenvalue weighted by Crippen LogP contribution is 2.25. The van der Waals surface area contributed by atoms with E-state index in [2.05, 4.69) is 20.4 Å². The predicted molar refractivity (Wildman–Crippen MR) is 112 cm³/mol. The van der Waals surface area contributed by atoms with Crippen LogP contribution in [0.4, 0.5) is 10.1 Å². The second-order valence-electron chi connectivity index (χ2n) is 7.33. The summed E-state index contributed by atoms with van der Waals surface area (Å²) in [5, 5.41) is 12.0. The van der Waals surface area contributed by atoms with Gasteiger partial charge in [-0.2, -0.15) is 0 Å². The van der Waals surface area contributed by atoms with Crippen LogP contribution >= 0.6 is 11.6 Å². The first-order valence-electron chi connectivity index (χ1n) is 9.83. The van der Waals surface area contributed by atoms with Gasteiger partial charge < -0.3 is 9.80 Å². The molecular formula is C21H22ClFN6O. The quantitative estimate of drug-likeness (QED) is 0.603. The maximum atomic E-state index is 13.1. The molecule has 2 heterocycles. The van der Waals surface area contributed by atoms with Crippen LogP contribution in [0.5, 0.6) is 0 Å². The SMILES string of the molecule is O=C(C[C@H](Cn1cnnn1)c1ccc(Cl)cc1)N1CCN(c2ccc(F)cc2)CC1. The summed E-state index contributed by atoms with van der Waals surface area (Å²) >= 11 is 6.02. The Morgan fingerprint density at radius 2 is 1.73 bits per heavy atom. The van der Waals surface area contributed by atoms with Crippen molar-refractivity contribution in [3.8, 4) is 0 Å². The first-order chi connectivity index (χ1) is 14.6. The van der Waals surface area contributed by atoms with Crippen molar-refractivity contribution in [3.63, 3.8) is 0 Å². The van der Waals surface area contributed by atoms with Crippen molar-refractivity contribution in [1.29, 1.82) is 0 Å². The Bertz CT molecular complexity index is 956. The van der Waals surface area contributed by atoms with Crippen LogP contribution in [-0.4, -0.2) is 57.2 Å². The second kappa shape index (κ2) is 9.21. The van der Waals surface area contributed by atoms with Gasteiger partial charge in [-0.25, -0.2) is 9.07 Å². The van der Waals surface area contributed by atoms with Crippen LogP contribution in [0.1, 0.15) is 17.9 Å². The lowest BCUT2D eigenvalue weighted by Gasteiger charge is -2.36. The molecule has 0 unspecified atom stereocenters. The molecule has 1 aliphatic rings. The fourth-order valence-electron chi connectivity index (χ4n) is 3.72. The van der Waals surface area contributed by atoms with Gasteiger partial charge in [0.15, 0.2) is 0 Å². The number of aromatic nitrogens is 4. The number of amides is 1. The lowest BCUT2D eigenvalue weighted by Crippen LogP contribution is -2.49. The zero-order valence-electron chi connectivity index (χ0n) is 16.4. The molecule has 2 aromatic carbocycles. The summed E-state index contributed by atoms with van der Waals surface area (Å²) in [6, 6.07) is 14.0. The summed E-state index contributed by atoms with van der Waals surface area (Å²) in [6.45, 7) is 3.21. The highest BCUT2D eigenvalue weighted by Gasteiger charge is 2.25. The largest absolute Gasteiger partial charge is 0.368 e. The Labute approximate surface area is 179 Å². The van der Waals surface area contributed by atoms with Gasteiger partial charge in [0, 0.05) is 49.2 Å². The van der Waals surface area contributed by atoms with Crippen LogP contribution in [0, 0.1) is 5.82 Å². The van der Waals surface area contributed by atoms with Crippen molar-refractivity contribution in [1.82, 2.24) is 25.1 Å². The van der Waals surface area contributed by atoms with E-state index in [0.717, 1.165) is 24.3 Å². The minimum absolute atomic E-state index is 0.0617. The summed E-state index contributed by atoms with van der Waals surface area (Å²) in [5.41, 5.74) is 1.99. The lowest BCUT2D eigenvalue weighted by molar-refractivity contribution is -0.132. The average molecular weight is 429 g/mol. The first-order valence-corrected chi connectivity index (χ1v) is 10.2.